The zero-order valence-corrected chi connectivity index (χ0v) is 16.4. The zero-order valence-electron chi connectivity index (χ0n) is 14.9. The summed E-state index contributed by atoms with van der Waals surface area (Å²) in [7, 11) is 0. The highest BCUT2D eigenvalue weighted by atomic mass is 35.5. The predicted molar refractivity (Wildman–Crippen MR) is 107 cm³/mol. The molecule has 1 amide bonds. The maximum absolute atomic E-state index is 12.2. The first-order chi connectivity index (χ1) is 12.9. The molecule has 0 aliphatic carbocycles. The summed E-state index contributed by atoms with van der Waals surface area (Å²) in [5, 5.41) is 3.34. The third-order valence-electron chi connectivity index (χ3n) is 3.47. The second-order valence-corrected chi connectivity index (χ2v) is 6.34. The van der Waals surface area contributed by atoms with E-state index in [-0.39, 0.29) is 0 Å². The average molecular weight is 408 g/mol. The monoisotopic (exact) mass is 407 g/mol. The van der Waals surface area contributed by atoms with Gasteiger partial charge in [-0.2, -0.15) is 0 Å². The second kappa shape index (κ2) is 10.00. The minimum atomic E-state index is -1.01. The van der Waals surface area contributed by atoms with E-state index in [0.717, 1.165) is 5.56 Å². The van der Waals surface area contributed by atoms with Crippen molar-refractivity contribution in [1.82, 2.24) is 0 Å². The molecule has 2 aromatic carbocycles. The Kier molecular flexibility index (Phi) is 7.70. The van der Waals surface area contributed by atoms with Crippen LogP contribution in [0.15, 0.2) is 48.5 Å². The number of hydrogen-bond donors (Lipinski definition) is 1. The maximum Gasteiger partial charge on any atom is 0.331 e. The molecule has 7 heteroatoms. The Hall–Kier alpha value is -2.50. The van der Waals surface area contributed by atoms with Crippen molar-refractivity contribution in [2.45, 2.75) is 20.0 Å². The van der Waals surface area contributed by atoms with E-state index in [1.54, 1.807) is 24.3 Å². The number of esters is 1. The van der Waals surface area contributed by atoms with Gasteiger partial charge in [0.25, 0.3) is 5.91 Å². The lowest BCUT2D eigenvalue weighted by Crippen LogP contribution is -2.29. The smallest absolute Gasteiger partial charge is 0.331 e. The lowest BCUT2D eigenvalue weighted by Gasteiger charge is -2.13. The number of nitrogens with one attached hydrogen (secondary N) is 1. The number of ether oxygens (including phenoxy) is 2. The summed E-state index contributed by atoms with van der Waals surface area (Å²) in [6.45, 7) is 3.85. The van der Waals surface area contributed by atoms with Gasteiger partial charge in [-0.05, 0) is 44.2 Å². The van der Waals surface area contributed by atoms with E-state index in [9.17, 15) is 9.59 Å². The van der Waals surface area contributed by atoms with E-state index in [2.05, 4.69) is 5.32 Å². The number of hydrogen-bond acceptors (Lipinski definition) is 4. The Morgan fingerprint density at radius 2 is 1.93 bits per heavy atom. The average Bonchev–Trinajstić information content (AvgIpc) is 2.64. The number of carbonyl (C=O) groups is 2. The van der Waals surface area contributed by atoms with Gasteiger partial charge in [0, 0.05) is 16.7 Å². The number of carbonyl (C=O) groups excluding carboxylic acids is 2. The summed E-state index contributed by atoms with van der Waals surface area (Å²) >= 11 is 11.9. The maximum atomic E-state index is 12.2. The molecule has 142 valence electrons. The lowest BCUT2D eigenvalue weighted by atomic mass is 10.2. The molecule has 27 heavy (non-hydrogen) atoms. The molecule has 2 rings (SSSR count). The van der Waals surface area contributed by atoms with Crippen LogP contribution < -0.4 is 10.1 Å². The normalized spacial score (nSPS) is 11.9. The number of para-hydroxylation sites is 1. The van der Waals surface area contributed by atoms with Crippen LogP contribution in [0.5, 0.6) is 5.75 Å². The van der Waals surface area contributed by atoms with Crippen LogP contribution >= 0.6 is 23.2 Å². The van der Waals surface area contributed by atoms with E-state index in [1.165, 1.54) is 19.1 Å². The summed E-state index contributed by atoms with van der Waals surface area (Å²) in [6.07, 6.45) is 1.80. The van der Waals surface area contributed by atoms with Crippen LogP contribution in [0.4, 0.5) is 5.69 Å². The molecule has 0 aromatic heterocycles. The van der Waals surface area contributed by atoms with E-state index >= 15 is 0 Å². The minimum Gasteiger partial charge on any atom is -0.493 e. The van der Waals surface area contributed by atoms with Gasteiger partial charge in [-0.25, -0.2) is 4.79 Å². The first-order valence-corrected chi connectivity index (χ1v) is 9.02. The summed E-state index contributed by atoms with van der Waals surface area (Å²) in [4.78, 5) is 24.2. The molecule has 2 aromatic rings. The summed E-state index contributed by atoms with van der Waals surface area (Å²) < 4.78 is 10.6. The van der Waals surface area contributed by atoms with E-state index in [4.69, 9.17) is 32.7 Å². The number of halogens is 2. The van der Waals surface area contributed by atoms with Gasteiger partial charge in [-0.3, -0.25) is 4.79 Å². The lowest BCUT2D eigenvalue weighted by molar-refractivity contribution is -0.148. The van der Waals surface area contributed by atoms with Gasteiger partial charge >= 0.3 is 5.97 Å². The van der Waals surface area contributed by atoms with Crippen molar-refractivity contribution in [3.05, 3.63) is 64.1 Å². The molecule has 0 aliphatic heterocycles. The van der Waals surface area contributed by atoms with Crippen molar-refractivity contribution in [1.29, 1.82) is 0 Å². The van der Waals surface area contributed by atoms with Crippen LogP contribution in [-0.2, 0) is 14.3 Å². The van der Waals surface area contributed by atoms with Gasteiger partial charge in [0.2, 0.25) is 0 Å². The van der Waals surface area contributed by atoms with Gasteiger partial charge in [-0.1, -0.05) is 41.4 Å². The Morgan fingerprint density at radius 3 is 2.67 bits per heavy atom. The number of rotatable bonds is 7. The molecule has 1 atom stereocenters. The molecular formula is C20H19Cl2NO4. The molecule has 1 N–H and O–H groups in total. The Bertz CT molecular complexity index is 852. The zero-order chi connectivity index (χ0) is 19.8. The standard InChI is InChI=1S/C20H19Cl2NO4/c1-3-26-18-7-5-4-6-14(18)8-11-19(24)27-13(2)20(25)23-17-12-15(21)9-10-16(17)22/h4-13H,3H2,1-2H3,(H,23,25)/b11-8+/t13-/m0/s1. The quantitative estimate of drug-likeness (QED) is 0.519. The van der Waals surface area contributed by atoms with Crippen molar-refractivity contribution in [3.8, 4) is 5.75 Å². The molecule has 0 bridgehead atoms. The molecule has 0 spiro atoms. The van der Waals surface area contributed by atoms with Crippen molar-refractivity contribution in [2.75, 3.05) is 11.9 Å². The Balaban J connectivity index is 1.96. The molecule has 0 saturated heterocycles. The fourth-order valence-corrected chi connectivity index (χ4v) is 2.49. The third-order valence-corrected chi connectivity index (χ3v) is 4.03. The highest BCUT2D eigenvalue weighted by Gasteiger charge is 2.18. The van der Waals surface area contributed by atoms with Crippen LogP contribution in [0.1, 0.15) is 19.4 Å². The van der Waals surface area contributed by atoms with Gasteiger partial charge in [0.05, 0.1) is 17.3 Å². The fourth-order valence-electron chi connectivity index (χ4n) is 2.16. The summed E-state index contributed by atoms with van der Waals surface area (Å²) in [5.74, 6) is -0.512. The summed E-state index contributed by atoms with van der Waals surface area (Å²) in [5.41, 5.74) is 1.08. The van der Waals surface area contributed by atoms with Crippen molar-refractivity contribution >= 4 is 46.8 Å². The SMILES string of the molecule is CCOc1ccccc1/C=C/C(=O)O[C@@H](C)C(=O)Nc1cc(Cl)ccc1Cl. The van der Waals surface area contributed by atoms with Crippen molar-refractivity contribution in [2.24, 2.45) is 0 Å². The molecule has 0 radical (unpaired) electrons. The van der Waals surface area contributed by atoms with Gasteiger partial charge in [0.1, 0.15) is 5.75 Å². The largest absolute Gasteiger partial charge is 0.493 e. The van der Waals surface area contributed by atoms with Crippen molar-refractivity contribution < 1.29 is 19.1 Å². The fraction of sp³-hybridized carbons (Fsp3) is 0.200. The third kappa shape index (κ3) is 6.31. The number of anilines is 1. The van der Waals surface area contributed by atoms with Gasteiger partial charge in [0.15, 0.2) is 6.10 Å². The number of amides is 1. The topological polar surface area (TPSA) is 64.6 Å². The second-order valence-electron chi connectivity index (χ2n) is 5.50. The summed E-state index contributed by atoms with van der Waals surface area (Å²) in [6, 6.07) is 12.0. The highest BCUT2D eigenvalue weighted by Crippen LogP contribution is 2.25. The minimum absolute atomic E-state index is 0.332. The van der Waals surface area contributed by atoms with Gasteiger partial charge < -0.3 is 14.8 Å². The predicted octanol–water partition coefficient (Wildman–Crippen LogP) is 4.98. The Morgan fingerprint density at radius 1 is 1.19 bits per heavy atom. The highest BCUT2D eigenvalue weighted by molar-refractivity contribution is 6.35. The van der Waals surface area contributed by atoms with E-state index < -0.39 is 18.0 Å². The Labute approximate surface area is 167 Å². The number of benzene rings is 2. The van der Waals surface area contributed by atoms with Crippen molar-refractivity contribution in [3.63, 3.8) is 0 Å². The van der Waals surface area contributed by atoms with E-state index in [1.807, 2.05) is 25.1 Å². The van der Waals surface area contributed by atoms with Gasteiger partial charge in [-0.15, -0.1) is 0 Å². The molecule has 0 saturated carbocycles. The molecule has 0 fully saturated rings. The van der Waals surface area contributed by atoms with Crippen LogP contribution in [0, 0.1) is 0 Å². The molecule has 0 unspecified atom stereocenters. The van der Waals surface area contributed by atoms with Crippen LogP contribution in [0.3, 0.4) is 0 Å². The first kappa shape index (κ1) is 20.8. The molecular weight excluding hydrogens is 389 g/mol. The molecule has 0 aliphatic rings. The molecule has 5 nitrogen and oxygen atoms in total. The first-order valence-electron chi connectivity index (χ1n) is 8.27. The molecule has 0 heterocycles. The van der Waals surface area contributed by atoms with Crippen LogP contribution in [-0.4, -0.2) is 24.6 Å². The van der Waals surface area contributed by atoms with Crippen LogP contribution in [0.25, 0.3) is 6.08 Å². The van der Waals surface area contributed by atoms with Crippen LogP contribution in [0.2, 0.25) is 10.0 Å². The van der Waals surface area contributed by atoms with E-state index in [0.29, 0.717) is 28.1 Å².